The van der Waals surface area contributed by atoms with Gasteiger partial charge in [-0.3, -0.25) is 4.79 Å². The van der Waals surface area contributed by atoms with E-state index >= 15 is 0 Å². The third-order valence-electron chi connectivity index (χ3n) is 5.94. The number of aliphatic hydroxyl groups is 2. The van der Waals surface area contributed by atoms with Gasteiger partial charge in [-0.05, 0) is 25.7 Å². The number of esters is 1. The Kier molecular flexibility index (Phi) is 22.6. The zero-order valence-corrected chi connectivity index (χ0v) is 20.2. The van der Waals surface area contributed by atoms with Crippen LogP contribution in [0.2, 0.25) is 0 Å². The fourth-order valence-corrected chi connectivity index (χ4v) is 3.78. The summed E-state index contributed by atoms with van der Waals surface area (Å²) in [5.41, 5.74) is 0. The Morgan fingerprint density at radius 3 is 1.47 bits per heavy atom. The Hall–Kier alpha value is -0.610. The molecule has 0 rings (SSSR count). The number of aliphatic hydroxyl groups excluding tert-OH is 2. The van der Waals surface area contributed by atoms with Crippen molar-refractivity contribution in [3.05, 3.63) is 0 Å². The summed E-state index contributed by atoms with van der Waals surface area (Å²) in [5, 5.41) is 20.2. The van der Waals surface area contributed by atoms with E-state index in [1.807, 2.05) is 0 Å². The molecule has 0 amide bonds. The molecule has 0 aliphatic carbocycles. The number of hydrogen-bond donors (Lipinski definition) is 2. The van der Waals surface area contributed by atoms with E-state index in [4.69, 9.17) is 4.74 Å². The minimum Gasteiger partial charge on any atom is -0.466 e. The molecule has 2 atom stereocenters. The standard InChI is InChI=1S/C26H52O4/c1-3-5-7-8-14-17-20-24(27)25(28)21-18-15-12-10-9-11-13-16-19-22-26(29)30-23-6-4-2/h24-25,27-28H,3-23H2,1-2H3. The highest BCUT2D eigenvalue weighted by molar-refractivity contribution is 5.69. The van der Waals surface area contributed by atoms with Gasteiger partial charge in [0.2, 0.25) is 0 Å². The van der Waals surface area contributed by atoms with E-state index in [2.05, 4.69) is 13.8 Å². The number of rotatable bonds is 23. The van der Waals surface area contributed by atoms with Crippen molar-refractivity contribution in [1.82, 2.24) is 0 Å². The predicted molar refractivity (Wildman–Crippen MR) is 127 cm³/mol. The Morgan fingerprint density at radius 2 is 1.00 bits per heavy atom. The van der Waals surface area contributed by atoms with Crippen molar-refractivity contribution in [2.75, 3.05) is 6.61 Å². The molecule has 0 saturated heterocycles. The van der Waals surface area contributed by atoms with Gasteiger partial charge in [-0.2, -0.15) is 0 Å². The Morgan fingerprint density at radius 1 is 0.600 bits per heavy atom. The maximum atomic E-state index is 11.5. The van der Waals surface area contributed by atoms with Gasteiger partial charge in [0, 0.05) is 6.42 Å². The third kappa shape index (κ3) is 20.7. The van der Waals surface area contributed by atoms with Crippen LogP contribution in [0.1, 0.15) is 142 Å². The lowest BCUT2D eigenvalue weighted by Crippen LogP contribution is -2.25. The van der Waals surface area contributed by atoms with Crippen molar-refractivity contribution in [3.8, 4) is 0 Å². The SMILES string of the molecule is CCCCCCCCC(O)C(O)CCCCCCCCCCCC(=O)OCCCC. The minimum atomic E-state index is -0.547. The zero-order chi connectivity index (χ0) is 22.3. The van der Waals surface area contributed by atoms with E-state index in [-0.39, 0.29) is 5.97 Å². The Balaban J connectivity index is 3.33. The number of hydrogen-bond acceptors (Lipinski definition) is 4. The normalized spacial score (nSPS) is 13.3. The average molecular weight is 429 g/mol. The van der Waals surface area contributed by atoms with E-state index in [1.54, 1.807) is 0 Å². The van der Waals surface area contributed by atoms with Gasteiger partial charge in [-0.1, -0.05) is 110 Å². The molecule has 0 aliphatic heterocycles. The summed E-state index contributed by atoms with van der Waals surface area (Å²) in [6, 6.07) is 0. The van der Waals surface area contributed by atoms with Gasteiger partial charge in [0.15, 0.2) is 0 Å². The van der Waals surface area contributed by atoms with Crippen LogP contribution < -0.4 is 0 Å². The number of ether oxygens (including phenoxy) is 1. The van der Waals surface area contributed by atoms with Crippen LogP contribution in [0.3, 0.4) is 0 Å². The van der Waals surface area contributed by atoms with Crippen LogP contribution in [0.15, 0.2) is 0 Å². The fourth-order valence-electron chi connectivity index (χ4n) is 3.78. The van der Waals surface area contributed by atoms with Crippen molar-refractivity contribution in [2.45, 2.75) is 154 Å². The lowest BCUT2D eigenvalue weighted by Gasteiger charge is -2.17. The van der Waals surface area contributed by atoms with Gasteiger partial charge in [0.05, 0.1) is 18.8 Å². The molecule has 4 heteroatoms. The van der Waals surface area contributed by atoms with E-state index in [0.717, 1.165) is 57.8 Å². The van der Waals surface area contributed by atoms with Gasteiger partial charge in [-0.15, -0.1) is 0 Å². The molecule has 30 heavy (non-hydrogen) atoms. The molecule has 180 valence electrons. The summed E-state index contributed by atoms with van der Waals surface area (Å²) in [4.78, 5) is 11.5. The van der Waals surface area contributed by atoms with Crippen LogP contribution in [0.4, 0.5) is 0 Å². The molecular formula is C26H52O4. The molecule has 2 unspecified atom stereocenters. The maximum Gasteiger partial charge on any atom is 0.305 e. The summed E-state index contributed by atoms with van der Waals surface area (Å²) >= 11 is 0. The highest BCUT2D eigenvalue weighted by Crippen LogP contribution is 2.16. The van der Waals surface area contributed by atoms with E-state index in [0.29, 0.717) is 13.0 Å². The predicted octanol–water partition coefficient (Wildman–Crippen LogP) is 7.09. The van der Waals surface area contributed by atoms with Crippen molar-refractivity contribution in [3.63, 3.8) is 0 Å². The van der Waals surface area contributed by atoms with Crippen molar-refractivity contribution in [2.24, 2.45) is 0 Å². The van der Waals surface area contributed by atoms with Gasteiger partial charge < -0.3 is 14.9 Å². The second kappa shape index (κ2) is 23.1. The number of unbranched alkanes of at least 4 members (excludes halogenated alkanes) is 14. The lowest BCUT2D eigenvalue weighted by molar-refractivity contribution is -0.143. The molecule has 0 aromatic carbocycles. The van der Waals surface area contributed by atoms with Crippen molar-refractivity contribution < 1.29 is 19.7 Å². The molecular weight excluding hydrogens is 376 g/mol. The van der Waals surface area contributed by atoms with Gasteiger partial charge in [-0.25, -0.2) is 0 Å². The summed E-state index contributed by atoms with van der Waals surface area (Å²) in [7, 11) is 0. The van der Waals surface area contributed by atoms with Gasteiger partial charge >= 0.3 is 5.97 Å². The topological polar surface area (TPSA) is 66.8 Å². The molecule has 0 aliphatic rings. The average Bonchev–Trinajstić information content (AvgIpc) is 2.74. The first-order valence-electron chi connectivity index (χ1n) is 13.1. The molecule has 0 saturated carbocycles. The molecule has 4 nitrogen and oxygen atoms in total. The van der Waals surface area contributed by atoms with Crippen LogP contribution in [0.25, 0.3) is 0 Å². The molecule has 0 aromatic rings. The second-order valence-corrected chi connectivity index (χ2v) is 8.99. The maximum absolute atomic E-state index is 11.5. The highest BCUT2D eigenvalue weighted by Gasteiger charge is 2.15. The fraction of sp³-hybridized carbons (Fsp3) is 0.962. The van der Waals surface area contributed by atoms with Crippen LogP contribution in [-0.4, -0.2) is 35.0 Å². The van der Waals surface area contributed by atoms with E-state index < -0.39 is 12.2 Å². The van der Waals surface area contributed by atoms with Gasteiger partial charge in [0.1, 0.15) is 0 Å². The zero-order valence-electron chi connectivity index (χ0n) is 20.2. The van der Waals surface area contributed by atoms with E-state index in [9.17, 15) is 15.0 Å². The summed E-state index contributed by atoms with van der Waals surface area (Å²) in [5.74, 6) is -0.0391. The van der Waals surface area contributed by atoms with Crippen LogP contribution in [-0.2, 0) is 9.53 Å². The monoisotopic (exact) mass is 428 g/mol. The third-order valence-corrected chi connectivity index (χ3v) is 5.94. The van der Waals surface area contributed by atoms with Crippen LogP contribution in [0.5, 0.6) is 0 Å². The first kappa shape index (κ1) is 29.4. The molecule has 2 N–H and O–H groups in total. The lowest BCUT2D eigenvalue weighted by atomic mass is 9.99. The number of carbonyl (C=O) groups is 1. The van der Waals surface area contributed by atoms with Crippen molar-refractivity contribution in [1.29, 1.82) is 0 Å². The molecule has 0 bridgehead atoms. The second-order valence-electron chi connectivity index (χ2n) is 8.99. The van der Waals surface area contributed by atoms with Crippen LogP contribution in [0, 0.1) is 0 Å². The van der Waals surface area contributed by atoms with Crippen molar-refractivity contribution >= 4 is 5.97 Å². The first-order valence-corrected chi connectivity index (χ1v) is 13.1. The first-order chi connectivity index (χ1) is 14.6. The van der Waals surface area contributed by atoms with E-state index in [1.165, 1.54) is 64.2 Å². The van der Waals surface area contributed by atoms with Crippen LogP contribution >= 0.6 is 0 Å². The molecule has 0 spiro atoms. The summed E-state index contributed by atoms with van der Waals surface area (Å²) in [6.45, 7) is 4.89. The van der Waals surface area contributed by atoms with Gasteiger partial charge in [0.25, 0.3) is 0 Å². The largest absolute Gasteiger partial charge is 0.466 e. The minimum absolute atomic E-state index is 0.0391. The molecule has 0 aromatic heterocycles. The molecule has 0 fully saturated rings. The Bertz CT molecular complexity index is 359. The Labute approximate surface area is 187 Å². The quantitative estimate of drug-likeness (QED) is 0.135. The smallest absolute Gasteiger partial charge is 0.305 e. The summed E-state index contributed by atoms with van der Waals surface area (Å²) in [6.07, 6.45) is 20.7. The highest BCUT2D eigenvalue weighted by atomic mass is 16.5. The summed E-state index contributed by atoms with van der Waals surface area (Å²) < 4.78 is 5.16. The molecule has 0 radical (unpaired) electrons. The number of carbonyl (C=O) groups excluding carboxylic acids is 1. The molecule has 0 heterocycles.